The molecule has 5 heteroatoms. The molecule has 3 nitrogen and oxygen atoms in total. The van der Waals surface area contributed by atoms with Crippen molar-refractivity contribution in [2.24, 2.45) is 0 Å². The van der Waals surface area contributed by atoms with Crippen LogP contribution in [0.1, 0.15) is 12.5 Å². The zero-order valence-corrected chi connectivity index (χ0v) is 13.0. The van der Waals surface area contributed by atoms with Crippen molar-refractivity contribution in [2.75, 3.05) is 5.32 Å². The van der Waals surface area contributed by atoms with E-state index in [1.54, 1.807) is 31.2 Å². The molecule has 0 radical (unpaired) electrons. The van der Waals surface area contributed by atoms with Crippen molar-refractivity contribution in [3.05, 3.63) is 59.1 Å². The van der Waals surface area contributed by atoms with Crippen LogP contribution in [-0.2, 0) is 10.7 Å². The molecule has 1 N–H and O–H groups in total. The summed E-state index contributed by atoms with van der Waals surface area (Å²) in [6, 6.07) is 14.3. The van der Waals surface area contributed by atoms with Crippen LogP contribution >= 0.6 is 23.2 Å². The Morgan fingerprint density at radius 3 is 2.71 bits per heavy atom. The molecule has 0 aliphatic carbocycles. The topological polar surface area (TPSA) is 38.3 Å². The van der Waals surface area contributed by atoms with Gasteiger partial charge in [0, 0.05) is 16.6 Å². The first-order valence-corrected chi connectivity index (χ1v) is 7.38. The van der Waals surface area contributed by atoms with Crippen LogP contribution in [0.25, 0.3) is 0 Å². The quantitative estimate of drug-likeness (QED) is 0.823. The molecule has 0 heterocycles. The fourth-order valence-electron chi connectivity index (χ4n) is 1.79. The number of amides is 1. The lowest BCUT2D eigenvalue weighted by atomic mass is 10.2. The van der Waals surface area contributed by atoms with Crippen LogP contribution in [0.3, 0.4) is 0 Å². The molecule has 1 atom stereocenters. The Morgan fingerprint density at radius 2 is 2.00 bits per heavy atom. The van der Waals surface area contributed by atoms with Crippen LogP contribution in [0.5, 0.6) is 5.75 Å². The van der Waals surface area contributed by atoms with E-state index in [1.165, 1.54) is 0 Å². The highest BCUT2D eigenvalue weighted by Gasteiger charge is 2.16. The lowest BCUT2D eigenvalue weighted by molar-refractivity contribution is -0.122. The van der Waals surface area contributed by atoms with E-state index >= 15 is 0 Å². The number of hydrogen-bond donors (Lipinski definition) is 1. The summed E-state index contributed by atoms with van der Waals surface area (Å²) in [6.07, 6.45) is -0.646. The Balaban J connectivity index is 2.02. The third-order valence-corrected chi connectivity index (χ3v) is 3.42. The van der Waals surface area contributed by atoms with Gasteiger partial charge in [-0.2, -0.15) is 0 Å². The van der Waals surface area contributed by atoms with E-state index in [0.717, 1.165) is 5.56 Å². The first-order chi connectivity index (χ1) is 10.1. The van der Waals surface area contributed by atoms with Gasteiger partial charge in [-0.1, -0.05) is 35.9 Å². The molecule has 110 valence electrons. The molecule has 2 aromatic rings. The van der Waals surface area contributed by atoms with Gasteiger partial charge in [0.05, 0.1) is 0 Å². The second kappa shape index (κ2) is 7.34. The number of para-hydroxylation sites is 1. The van der Waals surface area contributed by atoms with Gasteiger partial charge in [-0.3, -0.25) is 4.79 Å². The van der Waals surface area contributed by atoms with Crippen LogP contribution < -0.4 is 10.1 Å². The molecule has 0 saturated carbocycles. The summed E-state index contributed by atoms with van der Waals surface area (Å²) in [4.78, 5) is 12.2. The predicted molar refractivity (Wildman–Crippen MR) is 86.2 cm³/mol. The lowest BCUT2D eigenvalue weighted by Crippen LogP contribution is -2.30. The number of nitrogens with one attached hydrogen (secondary N) is 1. The number of anilines is 1. The first-order valence-electron chi connectivity index (χ1n) is 6.47. The normalized spacial score (nSPS) is 11.8. The van der Waals surface area contributed by atoms with Gasteiger partial charge in [0.25, 0.3) is 5.91 Å². The minimum Gasteiger partial charge on any atom is -0.481 e. The number of alkyl halides is 1. The van der Waals surface area contributed by atoms with E-state index in [-0.39, 0.29) is 5.91 Å². The van der Waals surface area contributed by atoms with E-state index in [4.69, 9.17) is 27.9 Å². The van der Waals surface area contributed by atoms with Crippen molar-refractivity contribution >= 4 is 34.8 Å². The Hall–Kier alpha value is -1.71. The van der Waals surface area contributed by atoms with Crippen molar-refractivity contribution < 1.29 is 9.53 Å². The summed E-state index contributed by atoms with van der Waals surface area (Å²) < 4.78 is 5.57. The summed E-state index contributed by atoms with van der Waals surface area (Å²) in [5, 5.41) is 3.38. The molecular weight excluding hydrogens is 309 g/mol. The van der Waals surface area contributed by atoms with Crippen LogP contribution in [0.2, 0.25) is 5.02 Å². The van der Waals surface area contributed by atoms with Crippen molar-refractivity contribution in [3.63, 3.8) is 0 Å². The summed E-state index contributed by atoms with van der Waals surface area (Å²) in [5.74, 6) is 0.642. The Kier molecular flexibility index (Phi) is 5.48. The van der Waals surface area contributed by atoms with Crippen LogP contribution in [0, 0.1) is 0 Å². The van der Waals surface area contributed by atoms with Gasteiger partial charge in [0.15, 0.2) is 6.10 Å². The molecule has 1 amide bonds. The van der Waals surface area contributed by atoms with Gasteiger partial charge in [-0.05, 0) is 36.8 Å². The fourth-order valence-corrected chi connectivity index (χ4v) is 2.20. The number of halogens is 2. The third kappa shape index (κ3) is 4.38. The summed E-state index contributed by atoms with van der Waals surface area (Å²) in [5.41, 5.74) is 1.56. The van der Waals surface area contributed by atoms with Crippen LogP contribution in [0.15, 0.2) is 48.5 Å². The Bertz CT molecular complexity index is 631. The maximum absolute atomic E-state index is 12.2. The zero-order valence-electron chi connectivity index (χ0n) is 11.5. The number of carbonyl (C=O) groups excluding carboxylic acids is 1. The van der Waals surface area contributed by atoms with E-state index < -0.39 is 6.10 Å². The number of benzene rings is 2. The second-order valence-corrected chi connectivity index (χ2v) is 5.20. The van der Waals surface area contributed by atoms with Crippen LogP contribution in [-0.4, -0.2) is 12.0 Å². The minimum absolute atomic E-state index is 0.243. The van der Waals surface area contributed by atoms with E-state index in [1.807, 2.05) is 24.3 Å². The number of rotatable bonds is 5. The number of carbonyl (C=O) groups is 1. The minimum atomic E-state index is -0.646. The summed E-state index contributed by atoms with van der Waals surface area (Å²) in [7, 11) is 0. The average molecular weight is 324 g/mol. The van der Waals surface area contributed by atoms with Gasteiger partial charge >= 0.3 is 0 Å². The van der Waals surface area contributed by atoms with Crippen LogP contribution in [0.4, 0.5) is 5.69 Å². The van der Waals surface area contributed by atoms with E-state index in [9.17, 15) is 4.79 Å². The summed E-state index contributed by atoms with van der Waals surface area (Å²) >= 11 is 11.7. The highest BCUT2D eigenvalue weighted by Crippen LogP contribution is 2.20. The fraction of sp³-hybridized carbons (Fsp3) is 0.188. The van der Waals surface area contributed by atoms with Crippen molar-refractivity contribution in [1.82, 2.24) is 0 Å². The highest BCUT2D eigenvalue weighted by molar-refractivity contribution is 6.30. The molecule has 0 bridgehead atoms. The first kappa shape index (κ1) is 15.7. The summed E-state index contributed by atoms with van der Waals surface area (Å²) in [6.45, 7) is 1.68. The third-order valence-electron chi connectivity index (χ3n) is 2.90. The average Bonchev–Trinajstić information content (AvgIpc) is 2.47. The standard InChI is InChI=1S/C16H15Cl2NO2/c1-11(21-14-7-4-6-13(18)9-14)16(20)19-15-8-3-2-5-12(15)10-17/h2-9,11H,10H2,1H3,(H,19,20). The molecule has 0 aliphatic rings. The number of hydrogen-bond acceptors (Lipinski definition) is 2. The molecule has 0 aromatic heterocycles. The van der Waals surface area contributed by atoms with E-state index in [2.05, 4.69) is 5.32 Å². The van der Waals surface area contributed by atoms with Crippen molar-refractivity contribution in [2.45, 2.75) is 18.9 Å². The molecule has 2 rings (SSSR count). The maximum Gasteiger partial charge on any atom is 0.265 e. The van der Waals surface area contributed by atoms with Crippen molar-refractivity contribution in [1.29, 1.82) is 0 Å². The van der Waals surface area contributed by atoms with Gasteiger partial charge in [0.1, 0.15) is 5.75 Å². The second-order valence-electron chi connectivity index (χ2n) is 4.50. The Labute approximate surface area is 133 Å². The molecule has 21 heavy (non-hydrogen) atoms. The monoisotopic (exact) mass is 323 g/mol. The molecular formula is C16H15Cl2NO2. The molecule has 0 fully saturated rings. The maximum atomic E-state index is 12.2. The van der Waals surface area contributed by atoms with Gasteiger partial charge in [0.2, 0.25) is 0 Å². The zero-order chi connectivity index (χ0) is 15.2. The highest BCUT2D eigenvalue weighted by atomic mass is 35.5. The SMILES string of the molecule is CC(Oc1cccc(Cl)c1)C(=O)Nc1ccccc1CCl. The molecule has 1 unspecified atom stereocenters. The molecule has 0 saturated heterocycles. The lowest BCUT2D eigenvalue weighted by Gasteiger charge is -2.16. The largest absolute Gasteiger partial charge is 0.481 e. The molecule has 2 aromatic carbocycles. The Morgan fingerprint density at radius 1 is 1.24 bits per heavy atom. The van der Waals surface area contributed by atoms with Crippen molar-refractivity contribution in [3.8, 4) is 5.75 Å². The molecule has 0 spiro atoms. The van der Waals surface area contributed by atoms with Gasteiger partial charge in [-0.15, -0.1) is 11.6 Å². The molecule has 0 aliphatic heterocycles. The van der Waals surface area contributed by atoms with E-state index in [0.29, 0.717) is 22.3 Å². The number of ether oxygens (including phenoxy) is 1. The smallest absolute Gasteiger partial charge is 0.265 e. The van der Waals surface area contributed by atoms with Gasteiger partial charge < -0.3 is 10.1 Å². The predicted octanol–water partition coefficient (Wildman–Crippen LogP) is 4.48. The van der Waals surface area contributed by atoms with Gasteiger partial charge in [-0.25, -0.2) is 0 Å².